The molecular formula is C16H17F3N4O2S. The van der Waals surface area contributed by atoms with Crippen LogP contribution in [0.4, 0.5) is 13.2 Å². The van der Waals surface area contributed by atoms with Gasteiger partial charge in [0.25, 0.3) is 5.91 Å². The largest absolute Gasteiger partial charge is 0.436 e. The van der Waals surface area contributed by atoms with Crippen LogP contribution in [0.3, 0.4) is 0 Å². The van der Waals surface area contributed by atoms with Crippen LogP contribution >= 0.6 is 11.3 Å². The van der Waals surface area contributed by atoms with E-state index in [0.717, 1.165) is 17.5 Å². The third kappa shape index (κ3) is 4.07. The average Bonchev–Trinajstić information content (AvgIpc) is 2.85. The fourth-order valence-electron chi connectivity index (χ4n) is 2.32. The molecule has 0 bridgehead atoms. The van der Waals surface area contributed by atoms with Crippen molar-refractivity contribution in [1.82, 2.24) is 15.3 Å². The van der Waals surface area contributed by atoms with Crippen LogP contribution in [0.1, 0.15) is 37.9 Å². The quantitative estimate of drug-likeness (QED) is 0.543. The lowest BCUT2D eigenvalue weighted by molar-refractivity contribution is -0.265. The van der Waals surface area contributed by atoms with E-state index in [4.69, 9.17) is 5.41 Å². The van der Waals surface area contributed by atoms with E-state index < -0.39 is 29.9 Å². The molecule has 1 amide bonds. The fraction of sp³-hybridized carbons (Fsp3) is 0.375. The van der Waals surface area contributed by atoms with Crippen molar-refractivity contribution in [3.63, 3.8) is 0 Å². The third-order valence-electron chi connectivity index (χ3n) is 3.68. The Kier molecular flexibility index (Phi) is 5.47. The van der Waals surface area contributed by atoms with E-state index >= 15 is 0 Å². The SMILES string of the molecule is Cc1nc(C)c(C(=N)CC(O)(NC(=O)c2cnccc2C)C(F)(F)F)s1. The maximum absolute atomic E-state index is 13.5. The van der Waals surface area contributed by atoms with E-state index in [-0.39, 0.29) is 10.4 Å². The molecule has 6 nitrogen and oxygen atoms in total. The standard InChI is InChI=1S/C16H17F3N4O2S/c1-8-4-5-21-7-11(8)14(24)23-15(25,16(17,18)19)6-12(20)13-9(2)22-10(3)26-13/h4-5,7,20,25H,6H2,1-3H3,(H,23,24). The highest BCUT2D eigenvalue weighted by molar-refractivity contribution is 7.13. The summed E-state index contributed by atoms with van der Waals surface area (Å²) in [7, 11) is 0. The van der Waals surface area contributed by atoms with Crippen LogP contribution in [0.25, 0.3) is 0 Å². The smallest absolute Gasteiger partial charge is 0.363 e. The van der Waals surface area contributed by atoms with Gasteiger partial charge in [-0.15, -0.1) is 11.3 Å². The normalized spacial score (nSPS) is 14.0. The Morgan fingerprint density at radius 3 is 2.50 bits per heavy atom. The van der Waals surface area contributed by atoms with Crippen LogP contribution in [-0.2, 0) is 0 Å². The molecular weight excluding hydrogens is 369 g/mol. The number of nitrogens with one attached hydrogen (secondary N) is 2. The molecule has 0 aromatic carbocycles. The van der Waals surface area contributed by atoms with Gasteiger partial charge < -0.3 is 15.8 Å². The minimum atomic E-state index is -5.18. The van der Waals surface area contributed by atoms with Crippen molar-refractivity contribution in [3.05, 3.63) is 45.2 Å². The Morgan fingerprint density at radius 2 is 2.00 bits per heavy atom. The van der Waals surface area contributed by atoms with E-state index in [2.05, 4.69) is 9.97 Å². The second-order valence-corrected chi connectivity index (χ2v) is 7.01. The predicted octanol–water partition coefficient (Wildman–Crippen LogP) is 2.90. The van der Waals surface area contributed by atoms with E-state index in [1.165, 1.54) is 19.2 Å². The van der Waals surface area contributed by atoms with Crippen LogP contribution < -0.4 is 5.32 Å². The van der Waals surface area contributed by atoms with E-state index in [1.807, 2.05) is 0 Å². The van der Waals surface area contributed by atoms with Gasteiger partial charge in [0.1, 0.15) is 0 Å². The highest BCUT2D eigenvalue weighted by Crippen LogP contribution is 2.33. The molecule has 140 valence electrons. The molecule has 0 radical (unpaired) electrons. The van der Waals surface area contributed by atoms with Crippen LogP contribution in [0.2, 0.25) is 0 Å². The molecule has 0 aliphatic rings. The number of nitrogens with zero attached hydrogens (tertiary/aromatic N) is 2. The summed E-state index contributed by atoms with van der Waals surface area (Å²) in [5, 5.41) is 20.3. The predicted molar refractivity (Wildman–Crippen MR) is 90.5 cm³/mol. The molecule has 2 aromatic heterocycles. The Labute approximate surface area is 151 Å². The number of carbonyl (C=O) groups excluding carboxylic acids is 1. The van der Waals surface area contributed by atoms with Crippen molar-refractivity contribution >= 4 is 23.0 Å². The Hall–Kier alpha value is -2.33. The van der Waals surface area contributed by atoms with Crippen molar-refractivity contribution < 1.29 is 23.1 Å². The molecule has 0 aliphatic carbocycles. The molecule has 10 heteroatoms. The zero-order valence-electron chi connectivity index (χ0n) is 14.2. The van der Waals surface area contributed by atoms with Crippen molar-refractivity contribution in [1.29, 1.82) is 5.41 Å². The monoisotopic (exact) mass is 386 g/mol. The zero-order valence-corrected chi connectivity index (χ0v) is 15.0. The Morgan fingerprint density at radius 1 is 1.35 bits per heavy atom. The number of amides is 1. The number of pyridine rings is 1. The van der Waals surface area contributed by atoms with E-state index in [1.54, 1.807) is 19.2 Å². The summed E-state index contributed by atoms with van der Waals surface area (Å²) in [5.41, 5.74) is -3.33. The highest BCUT2D eigenvalue weighted by atomic mass is 32.1. The minimum Gasteiger partial charge on any atom is -0.363 e. The first-order valence-electron chi connectivity index (χ1n) is 7.48. The molecule has 3 N–H and O–H groups in total. The summed E-state index contributed by atoms with van der Waals surface area (Å²) < 4.78 is 40.4. The molecule has 0 fully saturated rings. The molecule has 26 heavy (non-hydrogen) atoms. The van der Waals surface area contributed by atoms with Gasteiger partial charge in [0, 0.05) is 18.8 Å². The maximum Gasteiger partial charge on any atom is 0.436 e. The van der Waals surface area contributed by atoms with Gasteiger partial charge in [0.15, 0.2) is 0 Å². The highest BCUT2D eigenvalue weighted by Gasteiger charge is 2.55. The molecule has 0 spiro atoms. The van der Waals surface area contributed by atoms with Gasteiger partial charge in [0.05, 0.1) is 26.9 Å². The first kappa shape index (κ1) is 20.0. The first-order valence-corrected chi connectivity index (χ1v) is 8.30. The molecule has 0 aliphatic heterocycles. The van der Waals surface area contributed by atoms with E-state index in [0.29, 0.717) is 16.3 Å². The van der Waals surface area contributed by atoms with Crippen LogP contribution in [0.15, 0.2) is 18.5 Å². The van der Waals surface area contributed by atoms with Crippen LogP contribution in [-0.4, -0.2) is 38.6 Å². The first-order chi connectivity index (χ1) is 11.9. The number of hydrogen-bond donors (Lipinski definition) is 3. The second-order valence-electron chi connectivity index (χ2n) is 5.81. The van der Waals surface area contributed by atoms with Crippen LogP contribution in [0, 0.1) is 26.2 Å². The summed E-state index contributed by atoms with van der Waals surface area (Å²) in [4.78, 5) is 20.2. The number of aliphatic hydroxyl groups is 1. The summed E-state index contributed by atoms with van der Waals surface area (Å²) in [6.07, 6.45) is -3.81. The van der Waals surface area contributed by atoms with Gasteiger partial charge in [-0.05, 0) is 32.4 Å². The van der Waals surface area contributed by atoms with Gasteiger partial charge >= 0.3 is 6.18 Å². The van der Waals surface area contributed by atoms with Crippen molar-refractivity contribution in [2.24, 2.45) is 0 Å². The lowest BCUT2D eigenvalue weighted by Crippen LogP contribution is -2.60. The Bertz CT molecular complexity index is 850. The number of hydrogen-bond acceptors (Lipinski definition) is 6. The second kappa shape index (κ2) is 7.12. The van der Waals surface area contributed by atoms with Gasteiger partial charge in [0.2, 0.25) is 5.72 Å². The topological polar surface area (TPSA) is 99.0 Å². The average molecular weight is 386 g/mol. The van der Waals surface area contributed by atoms with Gasteiger partial charge in [-0.3, -0.25) is 9.78 Å². The molecule has 1 unspecified atom stereocenters. The summed E-state index contributed by atoms with van der Waals surface area (Å²) >= 11 is 1.05. The zero-order chi connectivity index (χ0) is 19.7. The van der Waals surface area contributed by atoms with Crippen molar-refractivity contribution in [2.45, 2.75) is 39.1 Å². The minimum absolute atomic E-state index is 0.0912. The van der Waals surface area contributed by atoms with Gasteiger partial charge in [-0.1, -0.05) is 0 Å². The van der Waals surface area contributed by atoms with Crippen molar-refractivity contribution in [3.8, 4) is 0 Å². The number of rotatable bonds is 5. The molecule has 0 saturated carbocycles. The maximum atomic E-state index is 13.5. The van der Waals surface area contributed by atoms with Crippen LogP contribution in [0.5, 0.6) is 0 Å². The van der Waals surface area contributed by atoms with Gasteiger partial charge in [-0.2, -0.15) is 13.2 Å². The Balaban J connectivity index is 2.31. The fourth-order valence-corrected chi connectivity index (χ4v) is 3.19. The summed E-state index contributed by atoms with van der Waals surface area (Å²) in [6.45, 7) is 4.77. The van der Waals surface area contributed by atoms with Gasteiger partial charge in [-0.25, -0.2) is 4.98 Å². The molecule has 2 aromatic rings. The van der Waals surface area contributed by atoms with E-state index in [9.17, 15) is 23.1 Å². The van der Waals surface area contributed by atoms with Crippen molar-refractivity contribution in [2.75, 3.05) is 0 Å². The molecule has 2 rings (SSSR count). The number of carbonyl (C=O) groups is 1. The summed E-state index contributed by atoms with van der Waals surface area (Å²) in [6, 6.07) is 1.47. The number of aromatic nitrogens is 2. The molecule has 1 atom stereocenters. The number of thiazole rings is 1. The third-order valence-corrected chi connectivity index (χ3v) is 4.82. The number of aryl methyl sites for hydroxylation is 3. The lowest BCUT2D eigenvalue weighted by Gasteiger charge is -2.31. The lowest BCUT2D eigenvalue weighted by atomic mass is 10.0. The molecule has 0 saturated heterocycles. The number of alkyl halides is 3. The molecule has 2 heterocycles. The number of halogens is 3. The summed E-state index contributed by atoms with van der Waals surface area (Å²) in [5.74, 6) is -1.12.